The summed E-state index contributed by atoms with van der Waals surface area (Å²) in [6.07, 6.45) is 4.30. The maximum Gasteiger partial charge on any atom is 0.433 e. The van der Waals surface area contributed by atoms with Crippen LogP contribution in [0.15, 0.2) is 4.99 Å². The van der Waals surface area contributed by atoms with Crippen LogP contribution in [0.4, 0.5) is 4.79 Å². The molecule has 0 saturated heterocycles. The van der Waals surface area contributed by atoms with Crippen molar-refractivity contribution < 1.29 is 23.1 Å². The van der Waals surface area contributed by atoms with Crippen molar-refractivity contribution in [1.82, 2.24) is 0 Å². The van der Waals surface area contributed by atoms with Gasteiger partial charge in [-0.25, -0.2) is 4.79 Å². The molecule has 6 nitrogen and oxygen atoms in total. The Morgan fingerprint density at radius 2 is 1.45 bits per heavy atom. The lowest BCUT2D eigenvalue weighted by atomic mass is 10.4. The summed E-state index contributed by atoms with van der Waals surface area (Å²) in [6, 6.07) is 2.31. The minimum Gasteiger partial charge on any atom is -0.445 e. The second kappa shape index (κ2) is 13.7. The highest BCUT2D eigenvalue weighted by Crippen LogP contribution is 2.38. The number of hydrogen-bond acceptors (Lipinski definition) is 5. The molecule has 0 rings (SSSR count). The highest BCUT2D eigenvalue weighted by Gasteiger charge is 2.51. The first-order chi connectivity index (χ1) is 14.9. The van der Waals surface area contributed by atoms with Crippen molar-refractivity contribution in [2.45, 2.75) is 123 Å². The lowest BCUT2D eigenvalue weighted by Gasteiger charge is -2.51. The van der Waals surface area contributed by atoms with Gasteiger partial charge in [-0.15, -0.1) is 0 Å². The van der Waals surface area contributed by atoms with Gasteiger partial charge in [0.2, 0.25) is 8.32 Å². The Kier molecular flexibility index (Phi) is 13.5. The zero-order valence-electron chi connectivity index (χ0n) is 23.7. The van der Waals surface area contributed by atoms with E-state index in [4.69, 9.17) is 18.3 Å². The van der Waals surface area contributed by atoms with Gasteiger partial charge >= 0.3 is 6.09 Å². The Bertz CT molecular complexity index is 619. The minimum absolute atomic E-state index is 0.0794. The van der Waals surface area contributed by atoms with Crippen molar-refractivity contribution in [2.75, 3.05) is 19.8 Å². The zero-order valence-corrected chi connectivity index (χ0v) is 26.7. The normalized spacial score (nSPS) is 14.2. The highest BCUT2D eigenvalue weighted by atomic mass is 28.4. The molecule has 0 unspecified atom stereocenters. The van der Waals surface area contributed by atoms with Crippen LogP contribution in [-0.4, -0.2) is 67.3 Å². The van der Waals surface area contributed by atoms with Gasteiger partial charge in [0, 0.05) is 18.0 Å². The Labute approximate surface area is 207 Å². The van der Waals surface area contributed by atoms with Gasteiger partial charge in [-0.2, -0.15) is 4.99 Å². The monoisotopic (exact) mass is 519 g/mol. The Balaban J connectivity index is 4.75. The molecule has 0 N–H and O–H groups in total. The molecule has 0 fully saturated rings. The molecule has 0 spiro atoms. The van der Waals surface area contributed by atoms with Gasteiger partial charge in [-0.05, 0) is 73.3 Å². The van der Waals surface area contributed by atoms with Crippen LogP contribution in [0.25, 0.3) is 0 Å². The van der Waals surface area contributed by atoms with Crippen LogP contribution in [0.2, 0.25) is 51.4 Å². The molecule has 196 valence electrons. The fourth-order valence-electron chi connectivity index (χ4n) is 3.72. The molecule has 0 atom stereocenters. The van der Waals surface area contributed by atoms with Crippen molar-refractivity contribution in [3.63, 3.8) is 0 Å². The van der Waals surface area contributed by atoms with Crippen molar-refractivity contribution >= 4 is 37.0 Å². The molecule has 0 bridgehead atoms. The smallest absolute Gasteiger partial charge is 0.433 e. The summed E-state index contributed by atoms with van der Waals surface area (Å²) >= 11 is 0. The molecular formula is C24H53NO5Si3. The van der Waals surface area contributed by atoms with Crippen LogP contribution in [-0.2, 0) is 18.3 Å². The maximum atomic E-state index is 11.2. The van der Waals surface area contributed by atoms with Gasteiger partial charge in [-0.3, -0.25) is 0 Å². The van der Waals surface area contributed by atoms with Gasteiger partial charge in [0.25, 0.3) is 0 Å². The van der Waals surface area contributed by atoms with E-state index < -0.39 is 30.8 Å². The topological polar surface area (TPSA) is 66.4 Å². The largest absolute Gasteiger partial charge is 0.445 e. The highest BCUT2D eigenvalue weighted by molar-refractivity contribution is 6.82. The predicted octanol–water partition coefficient (Wildman–Crippen LogP) is 7.21. The van der Waals surface area contributed by atoms with Gasteiger partial charge < -0.3 is 18.3 Å². The molecule has 9 heteroatoms. The molecule has 0 radical (unpaired) electrons. The number of aliphatic imine (C=N–C) groups is 1. The Morgan fingerprint density at radius 1 is 0.848 bits per heavy atom. The molecule has 1 amide bonds. The second-order valence-corrected chi connectivity index (χ2v) is 25.8. The first kappa shape index (κ1) is 32.7. The van der Waals surface area contributed by atoms with E-state index in [1.165, 1.54) is 25.1 Å². The number of amides is 1. The Morgan fingerprint density at radius 3 is 2.00 bits per heavy atom. The summed E-state index contributed by atoms with van der Waals surface area (Å²) in [4.78, 5) is 14.7. The Hall–Kier alpha value is -0.329. The van der Waals surface area contributed by atoms with Crippen LogP contribution in [0.3, 0.4) is 0 Å². The molecule has 0 aliphatic carbocycles. The average Bonchev–Trinajstić information content (AvgIpc) is 2.63. The number of nitrogens with zero attached hydrogens (tertiary/aromatic N) is 1. The fourth-order valence-corrected chi connectivity index (χ4v) is 13.2. The molecule has 0 aliphatic heterocycles. The fraction of sp³-hybridized carbons (Fsp3) is 0.917. The molecular weight excluding hydrogens is 467 g/mol. The van der Waals surface area contributed by atoms with E-state index in [0.717, 1.165) is 12.5 Å². The standard InChI is InChI=1S/C24H53NO5Si3/c1-13-15-20-31(7,8)23(3,4)30-33(11,12)24(5,6)29-32(9,10)21-16-17-27-18-19-28-22(26)25-14-2/h14H,13,15-21H2,1-12H3. The first-order valence-corrected chi connectivity index (χ1v) is 21.8. The van der Waals surface area contributed by atoms with E-state index in [9.17, 15) is 4.79 Å². The summed E-state index contributed by atoms with van der Waals surface area (Å²) < 4.78 is 24.4. The van der Waals surface area contributed by atoms with Crippen LogP contribution < -0.4 is 0 Å². The predicted molar refractivity (Wildman–Crippen MR) is 148 cm³/mol. The SMILES string of the molecule is CC=NC(=O)OCCOCCC[Si](C)(C)OC(C)(C)[Si](C)(C)OC(C)(C)[Si](C)(C)CCCC. The third-order valence-corrected chi connectivity index (χ3v) is 19.0. The maximum absolute atomic E-state index is 11.2. The minimum atomic E-state index is -2.15. The third kappa shape index (κ3) is 11.8. The van der Waals surface area contributed by atoms with Crippen LogP contribution in [0.1, 0.15) is 60.8 Å². The zero-order chi connectivity index (χ0) is 26.0. The number of carbonyl (C=O) groups is 1. The summed E-state index contributed by atoms with van der Waals surface area (Å²) in [5.74, 6) is 0. The van der Waals surface area contributed by atoms with Gasteiger partial charge in [0.15, 0.2) is 8.32 Å². The summed E-state index contributed by atoms with van der Waals surface area (Å²) in [5, 5.41) is -0.353. The molecule has 0 saturated carbocycles. The van der Waals surface area contributed by atoms with Crippen LogP contribution in [0, 0.1) is 0 Å². The van der Waals surface area contributed by atoms with Crippen molar-refractivity contribution in [1.29, 1.82) is 0 Å². The van der Waals surface area contributed by atoms with Crippen molar-refractivity contribution in [3.8, 4) is 0 Å². The molecule has 33 heavy (non-hydrogen) atoms. The number of rotatable bonds is 16. The van der Waals surface area contributed by atoms with Gasteiger partial charge in [0.05, 0.1) is 19.9 Å². The summed E-state index contributed by atoms with van der Waals surface area (Å²) in [7, 11) is -5.59. The lowest BCUT2D eigenvalue weighted by Crippen LogP contribution is -2.65. The molecule has 0 aromatic heterocycles. The van der Waals surface area contributed by atoms with E-state index in [1.54, 1.807) is 6.92 Å². The van der Waals surface area contributed by atoms with E-state index in [0.29, 0.717) is 13.2 Å². The van der Waals surface area contributed by atoms with Crippen molar-refractivity contribution in [3.05, 3.63) is 0 Å². The molecule has 0 aromatic rings. The number of carbonyl (C=O) groups excluding carboxylic acids is 1. The number of unbranched alkanes of at least 4 members (excludes halogenated alkanes) is 1. The molecule has 0 aliphatic rings. The van der Waals surface area contributed by atoms with Crippen molar-refractivity contribution in [2.24, 2.45) is 4.99 Å². The van der Waals surface area contributed by atoms with E-state index in [1.807, 2.05) is 0 Å². The lowest BCUT2D eigenvalue weighted by molar-refractivity contribution is 0.0752. The molecule has 0 heterocycles. The van der Waals surface area contributed by atoms with E-state index in [-0.39, 0.29) is 17.1 Å². The second-order valence-electron chi connectivity index (χ2n) is 11.7. The first-order valence-electron chi connectivity index (χ1n) is 12.6. The van der Waals surface area contributed by atoms with Gasteiger partial charge in [0.1, 0.15) is 6.61 Å². The number of hydrogen-bond donors (Lipinski definition) is 0. The van der Waals surface area contributed by atoms with Crippen LogP contribution >= 0.6 is 0 Å². The van der Waals surface area contributed by atoms with E-state index >= 15 is 0 Å². The summed E-state index contributed by atoms with van der Waals surface area (Å²) in [6.45, 7) is 28.4. The summed E-state index contributed by atoms with van der Waals surface area (Å²) in [5.41, 5.74) is 0. The average molecular weight is 520 g/mol. The molecule has 0 aromatic carbocycles. The van der Waals surface area contributed by atoms with Gasteiger partial charge in [-0.1, -0.05) is 38.9 Å². The van der Waals surface area contributed by atoms with Crippen LogP contribution in [0.5, 0.6) is 0 Å². The number of ether oxygens (including phenoxy) is 2. The third-order valence-electron chi connectivity index (χ3n) is 7.03. The van der Waals surface area contributed by atoms with E-state index in [2.05, 4.69) is 78.9 Å². The quantitative estimate of drug-likeness (QED) is 0.122.